The average molecular weight is 291 g/mol. The fraction of sp³-hybridized carbons (Fsp3) is 0.167. The van der Waals surface area contributed by atoms with Gasteiger partial charge in [0.05, 0.1) is 23.0 Å². The van der Waals surface area contributed by atoms with Gasteiger partial charge in [0.1, 0.15) is 10.7 Å². The number of nitrogens with two attached hydrogens (primary N) is 1. The smallest absolute Gasteiger partial charge is 0.265 e. The van der Waals surface area contributed by atoms with Crippen molar-refractivity contribution in [2.45, 2.75) is 11.8 Å². The van der Waals surface area contributed by atoms with Crippen LogP contribution in [0.4, 0.5) is 11.5 Å². The normalized spacial score (nSPS) is 11.1. The van der Waals surface area contributed by atoms with Gasteiger partial charge in [-0.05, 0) is 25.1 Å². The van der Waals surface area contributed by atoms with Crippen molar-refractivity contribution >= 4 is 21.5 Å². The molecule has 104 valence electrons. The molecule has 0 saturated carbocycles. The lowest BCUT2D eigenvalue weighted by Crippen LogP contribution is -2.17. The highest BCUT2D eigenvalue weighted by Crippen LogP contribution is 2.22. The summed E-state index contributed by atoms with van der Waals surface area (Å²) < 4.78 is 28.4. The highest BCUT2D eigenvalue weighted by molar-refractivity contribution is 7.92. The van der Waals surface area contributed by atoms with E-state index >= 15 is 0 Å². The molecule has 0 unspecified atom stereocenters. The van der Waals surface area contributed by atoms with E-state index in [0.29, 0.717) is 17.1 Å². The molecule has 0 spiro atoms. The first kappa shape index (κ1) is 13.9. The largest absolute Gasteiger partial charge is 0.398 e. The van der Waals surface area contributed by atoms with Crippen LogP contribution in [0.15, 0.2) is 29.2 Å². The number of anilines is 2. The van der Waals surface area contributed by atoms with Gasteiger partial charge in [-0.2, -0.15) is 10.4 Å². The maximum absolute atomic E-state index is 12.3. The number of nitrogen functional groups attached to an aromatic ring is 1. The van der Waals surface area contributed by atoms with Crippen LogP contribution in [-0.2, 0) is 17.1 Å². The number of benzene rings is 1. The molecule has 0 amide bonds. The summed E-state index contributed by atoms with van der Waals surface area (Å²) in [5.74, 6) is 0.339. The molecule has 7 nitrogen and oxygen atoms in total. The topological polar surface area (TPSA) is 114 Å². The monoisotopic (exact) mass is 291 g/mol. The predicted molar refractivity (Wildman–Crippen MR) is 74.3 cm³/mol. The molecule has 20 heavy (non-hydrogen) atoms. The first-order valence-electron chi connectivity index (χ1n) is 5.66. The van der Waals surface area contributed by atoms with Gasteiger partial charge in [-0.3, -0.25) is 9.40 Å². The number of sulfonamides is 1. The Kier molecular flexibility index (Phi) is 3.38. The van der Waals surface area contributed by atoms with E-state index in [9.17, 15) is 8.42 Å². The van der Waals surface area contributed by atoms with Crippen molar-refractivity contribution in [3.63, 3.8) is 0 Å². The van der Waals surface area contributed by atoms with E-state index in [1.54, 1.807) is 20.0 Å². The third-order valence-electron chi connectivity index (χ3n) is 2.67. The van der Waals surface area contributed by atoms with Crippen molar-refractivity contribution in [2.75, 3.05) is 10.5 Å². The van der Waals surface area contributed by atoms with E-state index in [-0.39, 0.29) is 10.6 Å². The number of aryl methyl sites for hydroxylation is 2. The van der Waals surface area contributed by atoms with Gasteiger partial charge in [0, 0.05) is 13.1 Å². The Morgan fingerprint density at radius 2 is 2.10 bits per heavy atom. The molecule has 0 bridgehead atoms. The minimum absolute atomic E-state index is 0.0236. The van der Waals surface area contributed by atoms with Gasteiger partial charge in [-0.25, -0.2) is 8.42 Å². The summed E-state index contributed by atoms with van der Waals surface area (Å²) >= 11 is 0. The lowest BCUT2D eigenvalue weighted by Gasteiger charge is -2.10. The molecule has 8 heteroatoms. The van der Waals surface area contributed by atoms with E-state index < -0.39 is 10.0 Å². The summed E-state index contributed by atoms with van der Waals surface area (Å²) in [4.78, 5) is -0.0737. The summed E-state index contributed by atoms with van der Waals surface area (Å²) in [6.45, 7) is 1.76. The highest BCUT2D eigenvalue weighted by Gasteiger charge is 2.19. The number of nitrogens with zero attached hydrogens (tertiary/aromatic N) is 3. The molecule has 2 rings (SSSR count). The van der Waals surface area contributed by atoms with Crippen LogP contribution in [0.2, 0.25) is 0 Å². The molecule has 2 aromatic rings. The lowest BCUT2D eigenvalue weighted by atomic mass is 10.2. The highest BCUT2D eigenvalue weighted by atomic mass is 32.2. The molecule has 3 N–H and O–H groups in total. The van der Waals surface area contributed by atoms with Crippen LogP contribution in [0, 0.1) is 18.3 Å². The molecule has 0 atom stereocenters. The Labute approximate surface area is 116 Å². The summed E-state index contributed by atoms with van der Waals surface area (Å²) in [6.07, 6.45) is 0. The number of rotatable bonds is 3. The molecule has 1 aromatic carbocycles. The fourth-order valence-corrected chi connectivity index (χ4v) is 2.95. The van der Waals surface area contributed by atoms with Crippen LogP contribution < -0.4 is 10.5 Å². The number of hydrogen-bond acceptors (Lipinski definition) is 5. The van der Waals surface area contributed by atoms with Crippen molar-refractivity contribution in [3.8, 4) is 6.07 Å². The zero-order valence-corrected chi connectivity index (χ0v) is 11.8. The van der Waals surface area contributed by atoms with Gasteiger partial charge in [0.15, 0.2) is 0 Å². The molecule has 0 aliphatic heterocycles. The Balaban J connectivity index is 2.41. The lowest BCUT2D eigenvalue weighted by molar-refractivity contribution is 0.600. The molecule has 0 radical (unpaired) electrons. The molecule has 0 aliphatic rings. The first-order chi connectivity index (χ1) is 9.33. The number of aromatic nitrogens is 2. The minimum atomic E-state index is -3.82. The molecule has 0 fully saturated rings. The van der Waals surface area contributed by atoms with Gasteiger partial charge in [0.2, 0.25) is 0 Å². The number of nitriles is 1. The average Bonchev–Trinajstić information content (AvgIpc) is 2.66. The van der Waals surface area contributed by atoms with Crippen molar-refractivity contribution in [1.82, 2.24) is 9.78 Å². The van der Waals surface area contributed by atoms with Crippen LogP contribution in [-0.4, -0.2) is 18.2 Å². The van der Waals surface area contributed by atoms with Crippen molar-refractivity contribution < 1.29 is 8.42 Å². The Morgan fingerprint density at radius 3 is 2.60 bits per heavy atom. The van der Waals surface area contributed by atoms with Gasteiger partial charge in [-0.15, -0.1) is 0 Å². The third kappa shape index (κ3) is 2.57. The third-order valence-corrected chi connectivity index (χ3v) is 4.10. The van der Waals surface area contributed by atoms with Crippen LogP contribution in [0.1, 0.15) is 11.3 Å². The van der Waals surface area contributed by atoms with E-state index in [1.165, 1.54) is 22.9 Å². The van der Waals surface area contributed by atoms with E-state index in [0.717, 1.165) is 0 Å². The maximum Gasteiger partial charge on any atom is 0.265 e. The van der Waals surface area contributed by atoms with Crippen molar-refractivity contribution in [3.05, 3.63) is 35.5 Å². The molecule has 1 heterocycles. The van der Waals surface area contributed by atoms with Gasteiger partial charge < -0.3 is 5.73 Å². The molecule has 1 aromatic heterocycles. The van der Waals surface area contributed by atoms with Gasteiger partial charge >= 0.3 is 0 Å². The van der Waals surface area contributed by atoms with Gasteiger partial charge in [-0.1, -0.05) is 0 Å². The Hall–Kier alpha value is -2.53. The first-order valence-corrected chi connectivity index (χ1v) is 7.15. The summed E-state index contributed by atoms with van der Waals surface area (Å²) in [7, 11) is -2.19. The van der Waals surface area contributed by atoms with Crippen LogP contribution in [0.25, 0.3) is 0 Å². The van der Waals surface area contributed by atoms with E-state index in [4.69, 9.17) is 11.0 Å². The fourth-order valence-electron chi connectivity index (χ4n) is 1.76. The van der Waals surface area contributed by atoms with Gasteiger partial charge in [0.25, 0.3) is 10.0 Å². The van der Waals surface area contributed by atoms with E-state index in [2.05, 4.69) is 9.82 Å². The quantitative estimate of drug-likeness (QED) is 0.818. The zero-order valence-electron chi connectivity index (χ0n) is 11.0. The van der Waals surface area contributed by atoms with Crippen LogP contribution >= 0.6 is 0 Å². The number of nitrogens with one attached hydrogen (secondary N) is 1. The molecule has 0 aliphatic carbocycles. The maximum atomic E-state index is 12.3. The van der Waals surface area contributed by atoms with Crippen LogP contribution in [0.3, 0.4) is 0 Å². The second kappa shape index (κ2) is 4.86. The predicted octanol–water partition coefficient (Wildman–Crippen LogP) is 0.983. The summed E-state index contributed by atoms with van der Waals surface area (Å²) in [5.41, 5.74) is 6.71. The molecular weight excluding hydrogens is 278 g/mol. The van der Waals surface area contributed by atoms with Crippen molar-refractivity contribution in [2.24, 2.45) is 7.05 Å². The SMILES string of the molecule is Cc1cc(NS(=O)(=O)c2ccc(C#N)cc2N)n(C)n1. The summed E-state index contributed by atoms with van der Waals surface area (Å²) in [5, 5.41) is 12.8. The second-order valence-electron chi connectivity index (χ2n) is 4.26. The Morgan fingerprint density at radius 1 is 1.40 bits per heavy atom. The molecular formula is C12H13N5O2S. The minimum Gasteiger partial charge on any atom is -0.398 e. The standard InChI is InChI=1S/C12H13N5O2S/c1-8-5-12(17(2)15-8)16-20(18,19)11-4-3-9(7-13)6-10(11)14/h3-6,16H,14H2,1-2H3. The van der Waals surface area contributed by atoms with Crippen LogP contribution in [0.5, 0.6) is 0 Å². The van der Waals surface area contributed by atoms with Crippen molar-refractivity contribution in [1.29, 1.82) is 5.26 Å². The Bertz CT molecular complexity index is 802. The zero-order chi connectivity index (χ0) is 14.9. The molecule has 0 saturated heterocycles. The second-order valence-corrected chi connectivity index (χ2v) is 5.92. The van der Waals surface area contributed by atoms with E-state index in [1.807, 2.05) is 6.07 Å². The number of hydrogen-bond donors (Lipinski definition) is 2. The summed E-state index contributed by atoms with van der Waals surface area (Å²) in [6, 6.07) is 7.54.